The molecule has 1 heterocycles. The third-order valence-electron chi connectivity index (χ3n) is 2.10. The van der Waals surface area contributed by atoms with Gasteiger partial charge in [0, 0.05) is 12.0 Å². The van der Waals surface area contributed by atoms with Crippen LogP contribution in [0.4, 0.5) is 0 Å². The Balaban J connectivity index is 2.22. The summed E-state index contributed by atoms with van der Waals surface area (Å²) in [5, 5.41) is 12.3. The molecule has 1 aromatic carbocycles. The number of rotatable bonds is 2. The third-order valence-corrected chi connectivity index (χ3v) is 2.10. The van der Waals surface area contributed by atoms with Crippen LogP contribution in [-0.2, 0) is 4.84 Å². The smallest absolute Gasteiger partial charge is 0.202 e. The van der Waals surface area contributed by atoms with Crippen molar-refractivity contribution >= 4 is 5.71 Å². The highest BCUT2D eigenvalue weighted by Gasteiger charge is 2.16. The van der Waals surface area contributed by atoms with E-state index in [2.05, 4.69) is 5.16 Å². The summed E-state index contributed by atoms with van der Waals surface area (Å²) >= 11 is 0. The van der Waals surface area contributed by atoms with Crippen LogP contribution < -0.4 is 4.74 Å². The summed E-state index contributed by atoms with van der Waals surface area (Å²) in [6, 6.07) is 9.54. The molecule has 0 unspecified atom stereocenters. The number of para-hydroxylation sites is 1. The van der Waals surface area contributed by atoms with Crippen LogP contribution >= 0.6 is 0 Å². The average molecular weight is 202 g/mol. The van der Waals surface area contributed by atoms with Crippen molar-refractivity contribution in [2.75, 3.05) is 13.2 Å². The third kappa shape index (κ3) is 2.08. The van der Waals surface area contributed by atoms with Crippen molar-refractivity contribution in [3.63, 3.8) is 0 Å². The van der Waals surface area contributed by atoms with Crippen LogP contribution in [0, 0.1) is 11.3 Å². The fourth-order valence-electron chi connectivity index (χ4n) is 1.46. The standard InChI is InChI=1S/C11H10N2O2/c12-6-8-15-13-10-5-7-14-11-4-2-1-3-9(10)11/h1-4H,5,7-8H2/b13-10+. The number of hydrogen-bond donors (Lipinski definition) is 0. The maximum atomic E-state index is 8.32. The van der Waals surface area contributed by atoms with E-state index < -0.39 is 0 Å². The topological polar surface area (TPSA) is 54.6 Å². The van der Waals surface area contributed by atoms with Crippen molar-refractivity contribution in [1.29, 1.82) is 5.26 Å². The molecule has 0 saturated heterocycles. The van der Waals surface area contributed by atoms with Crippen LogP contribution in [0.1, 0.15) is 12.0 Å². The fraction of sp³-hybridized carbons (Fsp3) is 0.273. The minimum Gasteiger partial charge on any atom is -0.492 e. The first kappa shape index (κ1) is 9.53. The largest absolute Gasteiger partial charge is 0.492 e. The Labute approximate surface area is 87.7 Å². The molecule has 4 nitrogen and oxygen atoms in total. The monoisotopic (exact) mass is 202 g/mol. The SMILES string of the molecule is N#CCO/N=C1\CCOc2ccccc21. The number of ether oxygens (including phenoxy) is 1. The molecular formula is C11H10N2O2. The molecule has 1 aromatic rings. The van der Waals surface area contributed by atoms with E-state index in [0.717, 1.165) is 17.0 Å². The molecule has 0 N–H and O–H groups in total. The van der Waals surface area contributed by atoms with Crippen molar-refractivity contribution in [3.8, 4) is 11.8 Å². The van der Waals surface area contributed by atoms with Gasteiger partial charge in [0.05, 0.1) is 12.3 Å². The van der Waals surface area contributed by atoms with Crippen LogP contribution in [-0.4, -0.2) is 18.9 Å². The van der Waals surface area contributed by atoms with E-state index in [0.29, 0.717) is 13.0 Å². The Bertz CT molecular complexity index is 421. The first-order valence-electron chi connectivity index (χ1n) is 4.70. The minimum atomic E-state index is -0.0213. The summed E-state index contributed by atoms with van der Waals surface area (Å²) in [7, 11) is 0. The summed E-state index contributed by atoms with van der Waals surface area (Å²) in [5.74, 6) is 0.822. The highest BCUT2D eigenvalue weighted by Crippen LogP contribution is 2.24. The van der Waals surface area contributed by atoms with Gasteiger partial charge in [-0.1, -0.05) is 17.3 Å². The first-order chi connectivity index (χ1) is 7.42. The molecule has 0 radical (unpaired) electrons. The van der Waals surface area contributed by atoms with Gasteiger partial charge in [-0.15, -0.1) is 0 Å². The normalized spacial score (nSPS) is 16.3. The first-order valence-corrected chi connectivity index (χ1v) is 4.70. The summed E-state index contributed by atoms with van der Waals surface area (Å²) in [5.41, 5.74) is 1.79. The number of nitrogens with zero attached hydrogens (tertiary/aromatic N) is 2. The van der Waals surface area contributed by atoms with Crippen LogP contribution in [0.3, 0.4) is 0 Å². The zero-order chi connectivity index (χ0) is 10.5. The summed E-state index contributed by atoms with van der Waals surface area (Å²) < 4.78 is 5.46. The molecule has 0 aliphatic carbocycles. The lowest BCUT2D eigenvalue weighted by atomic mass is 10.0. The number of hydrogen-bond acceptors (Lipinski definition) is 4. The predicted molar refractivity (Wildman–Crippen MR) is 54.7 cm³/mol. The molecular weight excluding hydrogens is 192 g/mol. The van der Waals surface area contributed by atoms with Gasteiger partial charge in [-0.3, -0.25) is 0 Å². The van der Waals surface area contributed by atoms with Crippen molar-refractivity contribution in [2.24, 2.45) is 5.16 Å². The minimum absolute atomic E-state index is 0.0213. The Hall–Kier alpha value is -2.02. The van der Waals surface area contributed by atoms with E-state index in [-0.39, 0.29) is 6.61 Å². The van der Waals surface area contributed by atoms with Gasteiger partial charge in [0.2, 0.25) is 6.61 Å². The molecule has 4 heteroatoms. The zero-order valence-corrected chi connectivity index (χ0v) is 8.14. The van der Waals surface area contributed by atoms with Crippen LogP contribution in [0.2, 0.25) is 0 Å². The molecule has 0 spiro atoms. The molecule has 0 atom stereocenters. The van der Waals surface area contributed by atoms with E-state index in [1.54, 1.807) is 0 Å². The Morgan fingerprint density at radius 2 is 2.33 bits per heavy atom. The lowest BCUT2D eigenvalue weighted by Gasteiger charge is -2.17. The molecule has 0 bridgehead atoms. The van der Waals surface area contributed by atoms with E-state index in [9.17, 15) is 0 Å². The van der Waals surface area contributed by atoms with Gasteiger partial charge >= 0.3 is 0 Å². The van der Waals surface area contributed by atoms with E-state index in [1.807, 2.05) is 30.3 Å². The molecule has 2 rings (SSSR count). The van der Waals surface area contributed by atoms with Crippen molar-refractivity contribution < 1.29 is 9.57 Å². The second-order valence-corrected chi connectivity index (χ2v) is 3.06. The van der Waals surface area contributed by atoms with Crippen molar-refractivity contribution in [3.05, 3.63) is 29.8 Å². The van der Waals surface area contributed by atoms with E-state index in [4.69, 9.17) is 14.8 Å². The van der Waals surface area contributed by atoms with Gasteiger partial charge in [-0.2, -0.15) is 5.26 Å². The molecule has 0 saturated carbocycles. The molecule has 1 aliphatic rings. The molecule has 1 aliphatic heterocycles. The highest BCUT2D eigenvalue weighted by atomic mass is 16.6. The average Bonchev–Trinajstić information content (AvgIpc) is 2.30. The molecule has 76 valence electrons. The number of nitriles is 1. The lowest BCUT2D eigenvalue weighted by Crippen LogP contribution is -2.16. The molecule has 0 aromatic heterocycles. The summed E-state index contributed by atoms with van der Waals surface area (Å²) in [6.07, 6.45) is 0.711. The van der Waals surface area contributed by atoms with E-state index >= 15 is 0 Å². The van der Waals surface area contributed by atoms with Gasteiger partial charge in [0.25, 0.3) is 0 Å². The summed E-state index contributed by atoms with van der Waals surface area (Å²) in [6.45, 7) is 0.582. The second-order valence-electron chi connectivity index (χ2n) is 3.06. The van der Waals surface area contributed by atoms with Gasteiger partial charge in [0.15, 0.2) is 0 Å². The van der Waals surface area contributed by atoms with Crippen LogP contribution in [0.15, 0.2) is 29.4 Å². The number of fused-ring (bicyclic) bond motifs is 1. The van der Waals surface area contributed by atoms with Gasteiger partial charge in [-0.05, 0) is 12.1 Å². The zero-order valence-electron chi connectivity index (χ0n) is 8.14. The number of benzene rings is 1. The Morgan fingerprint density at radius 1 is 1.47 bits per heavy atom. The molecule has 0 amide bonds. The van der Waals surface area contributed by atoms with Gasteiger partial charge in [0.1, 0.15) is 11.8 Å². The highest BCUT2D eigenvalue weighted by molar-refractivity contribution is 6.03. The number of oxime groups is 1. The fourth-order valence-corrected chi connectivity index (χ4v) is 1.46. The molecule has 15 heavy (non-hydrogen) atoms. The van der Waals surface area contributed by atoms with Gasteiger partial charge < -0.3 is 9.57 Å². The second kappa shape index (κ2) is 4.47. The Morgan fingerprint density at radius 3 is 3.20 bits per heavy atom. The quantitative estimate of drug-likeness (QED) is 0.542. The maximum absolute atomic E-state index is 8.32. The van der Waals surface area contributed by atoms with E-state index in [1.165, 1.54) is 0 Å². The van der Waals surface area contributed by atoms with Crippen LogP contribution in [0.5, 0.6) is 5.75 Å². The summed E-state index contributed by atoms with van der Waals surface area (Å²) in [4.78, 5) is 4.85. The maximum Gasteiger partial charge on any atom is 0.202 e. The molecule has 0 fully saturated rings. The van der Waals surface area contributed by atoms with Crippen molar-refractivity contribution in [1.82, 2.24) is 0 Å². The van der Waals surface area contributed by atoms with Crippen molar-refractivity contribution in [2.45, 2.75) is 6.42 Å². The van der Waals surface area contributed by atoms with Crippen LogP contribution in [0.25, 0.3) is 0 Å². The lowest BCUT2D eigenvalue weighted by molar-refractivity contribution is 0.176. The Kier molecular flexibility index (Phi) is 2.84. The predicted octanol–water partition coefficient (Wildman–Crippen LogP) is 1.71. The van der Waals surface area contributed by atoms with Gasteiger partial charge in [-0.25, -0.2) is 0 Å².